The quantitative estimate of drug-likeness (QED) is 0.573. The maximum Gasteiger partial charge on any atom is 0.163 e. The van der Waals surface area contributed by atoms with E-state index in [-0.39, 0.29) is 0 Å². The maximum absolute atomic E-state index is 6.07. The lowest BCUT2D eigenvalue weighted by molar-refractivity contribution is -0.117. The van der Waals surface area contributed by atoms with Gasteiger partial charge in [0.25, 0.3) is 0 Å². The van der Waals surface area contributed by atoms with Gasteiger partial charge < -0.3 is 9.47 Å². The average Bonchev–Trinajstić information content (AvgIpc) is 2.37. The molecular formula is C11H13Cl2IN2O2. The number of hydrogen-bond acceptors (Lipinski definition) is 4. The minimum Gasteiger partial charge on any atom is -0.381 e. The SMILES string of the molecule is CCOC1(c2nc(Cl)c(I)c(Cl)n2)CCOCC1. The molecule has 0 radical (unpaired) electrons. The van der Waals surface area contributed by atoms with E-state index in [0.717, 1.165) is 0 Å². The van der Waals surface area contributed by atoms with Crippen LogP contribution in [-0.4, -0.2) is 29.8 Å². The first-order chi connectivity index (χ1) is 8.59. The van der Waals surface area contributed by atoms with E-state index in [1.54, 1.807) is 0 Å². The first kappa shape index (κ1) is 14.7. The van der Waals surface area contributed by atoms with E-state index in [4.69, 9.17) is 32.7 Å². The van der Waals surface area contributed by atoms with E-state index in [9.17, 15) is 0 Å². The Morgan fingerprint density at radius 3 is 2.33 bits per heavy atom. The second-order valence-electron chi connectivity index (χ2n) is 3.98. The molecule has 0 aromatic carbocycles. The van der Waals surface area contributed by atoms with Crippen molar-refractivity contribution >= 4 is 45.8 Å². The highest BCUT2D eigenvalue weighted by atomic mass is 127. The highest BCUT2D eigenvalue weighted by Crippen LogP contribution is 2.36. The van der Waals surface area contributed by atoms with Crippen LogP contribution in [0.1, 0.15) is 25.6 Å². The zero-order valence-corrected chi connectivity index (χ0v) is 13.5. The number of nitrogens with zero attached hydrogens (tertiary/aromatic N) is 2. The molecule has 0 N–H and O–H groups in total. The molecule has 7 heteroatoms. The molecule has 0 spiro atoms. The molecular weight excluding hydrogens is 390 g/mol. The molecule has 0 saturated carbocycles. The van der Waals surface area contributed by atoms with E-state index in [2.05, 4.69) is 9.97 Å². The second kappa shape index (κ2) is 6.17. The molecule has 4 nitrogen and oxygen atoms in total. The van der Waals surface area contributed by atoms with E-state index in [1.807, 2.05) is 29.5 Å². The molecule has 1 aromatic rings. The van der Waals surface area contributed by atoms with Crippen LogP contribution in [0.3, 0.4) is 0 Å². The zero-order chi connectivity index (χ0) is 13.2. The summed E-state index contributed by atoms with van der Waals surface area (Å²) < 4.78 is 11.9. The molecule has 1 aromatic heterocycles. The van der Waals surface area contributed by atoms with Gasteiger partial charge in [0.2, 0.25) is 0 Å². The summed E-state index contributed by atoms with van der Waals surface area (Å²) in [6, 6.07) is 0. The van der Waals surface area contributed by atoms with Crippen LogP contribution in [0.25, 0.3) is 0 Å². The molecule has 1 fully saturated rings. The Kier molecular flexibility index (Phi) is 5.05. The predicted molar refractivity (Wildman–Crippen MR) is 78.1 cm³/mol. The van der Waals surface area contributed by atoms with Crippen molar-refractivity contribution in [2.24, 2.45) is 0 Å². The van der Waals surface area contributed by atoms with Gasteiger partial charge >= 0.3 is 0 Å². The average molecular weight is 403 g/mol. The molecule has 0 amide bonds. The summed E-state index contributed by atoms with van der Waals surface area (Å²) in [5.74, 6) is 0.558. The van der Waals surface area contributed by atoms with Crippen molar-refractivity contribution in [3.8, 4) is 0 Å². The van der Waals surface area contributed by atoms with Crippen LogP contribution in [0.15, 0.2) is 0 Å². The van der Waals surface area contributed by atoms with Crippen molar-refractivity contribution in [1.29, 1.82) is 0 Å². The molecule has 0 atom stereocenters. The van der Waals surface area contributed by atoms with Gasteiger partial charge in [-0.1, -0.05) is 23.2 Å². The fourth-order valence-electron chi connectivity index (χ4n) is 2.01. The largest absolute Gasteiger partial charge is 0.381 e. The van der Waals surface area contributed by atoms with Crippen LogP contribution in [-0.2, 0) is 15.1 Å². The number of halogens is 3. The first-order valence-corrected chi connectivity index (χ1v) is 7.53. The first-order valence-electron chi connectivity index (χ1n) is 5.70. The lowest BCUT2D eigenvalue weighted by Gasteiger charge is -2.35. The molecule has 18 heavy (non-hydrogen) atoms. The highest BCUT2D eigenvalue weighted by Gasteiger charge is 2.38. The van der Waals surface area contributed by atoms with Crippen LogP contribution < -0.4 is 0 Å². The third kappa shape index (κ3) is 2.90. The monoisotopic (exact) mass is 402 g/mol. The smallest absolute Gasteiger partial charge is 0.163 e. The van der Waals surface area contributed by atoms with Crippen molar-refractivity contribution in [2.45, 2.75) is 25.4 Å². The van der Waals surface area contributed by atoms with E-state index < -0.39 is 5.60 Å². The fraction of sp³-hybridized carbons (Fsp3) is 0.636. The molecule has 1 aliphatic rings. The summed E-state index contributed by atoms with van der Waals surface area (Å²) in [5.41, 5.74) is -0.523. The van der Waals surface area contributed by atoms with Crippen LogP contribution >= 0.6 is 45.8 Å². The third-order valence-electron chi connectivity index (χ3n) is 2.90. The summed E-state index contributed by atoms with van der Waals surface area (Å²) >= 11 is 14.2. The maximum atomic E-state index is 6.07. The van der Waals surface area contributed by atoms with Gasteiger partial charge in [-0.25, -0.2) is 9.97 Å². The molecule has 1 saturated heterocycles. The van der Waals surface area contributed by atoms with Gasteiger partial charge in [-0.3, -0.25) is 0 Å². The van der Waals surface area contributed by atoms with E-state index in [1.165, 1.54) is 0 Å². The van der Waals surface area contributed by atoms with Crippen LogP contribution in [0.5, 0.6) is 0 Å². The van der Waals surface area contributed by atoms with Crippen LogP contribution in [0.2, 0.25) is 10.3 Å². The molecule has 0 aliphatic carbocycles. The summed E-state index contributed by atoms with van der Waals surface area (Å²) in [4.78, 5) is 8.66. The number of hydrogen-bond donors (Lipinski definition) is 0. The molecule has 0 bridgehead atoms. The minimum absolute atomic E-state index is 0.371. The zero-order valence-electron chi connectivity index (χ0n) is 9.88. The van der Waals surface area contributed by atoms with Gasteiger partial charge in [0.05, 0.1) is 3.57 Å². The Morgan fingerprint density at radius 1 is 1.28 bits per heavy atom. The van der Waals surface area contributed by atoms with E-state index >= 15 is 0 Å². The number of rotatable bonds is 3. The third-order valence-corrected chi connectivity index (χ3v) is 5.11. The van der Waals surface area contributed by atoms with Crippen molar-refractivity contribution in [3.05, 3.63) is 19.7 Å². The van der Waals surface area contributed by atoms with E-state index in [0.29, 0.717) is 52.4 Å². The summed E-state index contributed by atoms with van der Waals surface area (Å²) in [6.07, 6.45) is 1.43. The van der Waals surface area contributed by atoms with Crippen molar-refractivity contribution in [2.75, 3.05) is 19.8 Å². The Balaban J connectivity index is 2.42. The Hall–Kier alpha value is 0.310. The summed E-state index contributed by atoms with van der Waals surface area (Å²) in [7, 11) is 0. The van der Waals surface area contributed by atoms with Crippen molar-refractivity contribution in [3.63, 3.8) is 0 Å². The molecule has 100 valence electrons. The molecule has 2 heterocycles. The second-order valence-corrected chi connectivity index (χ2v) is 5.78. The standard InChI is InChI=1S/C11H13Cl2IN2O2/c1-2-18-11(3-5-17-6-4-11)10-15-8(12)7(14)9(13)16-10/h2-6H2,1H3. The van der Waals surface area contributed by atoms with Gasteiger partial charge in [-0.2, -0.15) is 0 Å². The van der Waals surface area contributed by atoms with Crippen LogP contribution in [0.4, 0.5) is 0 Å². The van der Waals surface area contributed by atoms with Gasteiger partial charge in [-0.15, -0.1) is 0 Å². The lowest BCUT2D eigenvalue weighted by atomic mass is 9.93. The Bertz CT molecular complexity index is 411. The molecule has 2 rings (SSSR count). The topological polar surface area (TPSA) is 44.2 Å². The van der Waals surface area contributed by atoms with Crippen LogP contribution in [0, 0.1) is 3.57 Å². The van der Waals surface area contributed by atoms with Crippen molar-refractivity contribution < 1.29 is 9.47 Å². The number of aromatic nitrogens is 2. The fourth-order valence-corrected chi connectivity index (χ4v) is 2.64. The molecule has 0 unspecified atom stereocenters. The molecule has 1 aliphatic heterocycles. The highest BCUT2D eigenvalue weighted by molar-refractivity contribution is 14.1. The Labute approximate surface area is 130 Å². The predicted octanol–water partition coefficient (Wildman–Crippen LogP) is 3.43. The van der Waals surface area contributed by atoms with Gasteiger partial charge in [-0.05, 0) is 29.5 Å². The van der Waals surface area contributed by atoms with Gasteiger partial charge in [0, 0.05) is 32.7 Å². The number of ether oxygens (including phenoxy) is 2. The van der Waals surface area contributed by atoms with Gasteiger partial charge in [0.15, 0.2) is 5.82 Å². The minimum atomic E-state index is -0.523. The van der Waals surface area contributed by atoms with Crippen molar-refractivity contribution in [1.82, 2.24) is 9.97 Å². The normalized spacial score (nSPS) is 18.9. The Morgan fingerprint density at radius 2 is 1.83 bits per heavy atom. The summed E-state index contributed by atoms with van der Waals surface area (Å²) in [5, 5.41) is 0.743. The van der Waals surface area contributed by atoms with Gasteiger partial charge in [0.1, 0.15) is 15.9 Å². The lowest BCUT2D eigenvalue weighted by Crippen LogP contribution is -2.38. The summed E-state index contributed by atoms with van der Waals surface area (Å²) in [6.45, 7) is 3.80.